The standard InChI is InChI=1S/C48H48NP3/c1-4-7-19-34-28-40-46-41(29-34)51(38-24-15-11-16-25-38)43-31-36(21-9-6-3)33-45-48(43)49(46)47-42(50(40)37-22-13-10-14-23-37)30-35(20-8-5-2)32-44(47)52(45)39-26-17-12-18-27-39/h10-18,22-33H,4-9,19-21H2,1-3H3. The van der Waals surface area contributed by atoms with Crippen LogP contribution in [0.5, 0.6) is 0 Å². The third-order valence-corrected chi connectivity index (χ3v) is 18.4. The predicted octanol–water partition coefficient (Wildman–Crippen LogP) is 9.40. The van der Waals surface area contributed by atoms with Gasteiger partial charge in [-0.3, -0.25) is 0 Å². The van der Waals surface area contributed by atoms with Gasteiger partial charge in [-0.05, 0) is 131 Å². The summed E-state index contributed by atoms with van der Waals surface area (Å²) in [4.78, 5) is 2.82. The molecule has 0 aromatic heterocycles. The van der Waals surface area contributed by atoms with Crippen LogP contribution in [0.15, 0.2) is 127 Å². The van der Waals surface area contributed by atoms with Gasteiger partial charge in [-0.15, -0.1) is 0 Å². The molecule has 0 unspecified atom stereocenters. The summed E-state index contributed by atoms with van der Waals surface area (Å²) < 4.78 is 0. The maximum absolute atomic E-state index is 2.82. The summed E-state index contributed by atoms with van der Waals surface area (Å²) in [5.41, 5.74) is 9.04. The Balaban J connectivity index is 1.44. The number of hydrogen-bond donors (Lipinski definition) is 0. The van der Waals surface area contributed by atoms with Gasteiger partial charge in [-0.25, -0.2) is 0 Å². The molecule has 0 atom stereocenters. The molecular weight excluding hydrogens is 683 g/mol. The van der Waals surface area contributed by atoms with Crippen molar-refractivity contribution in [3.05, 3.63) is 144 Å². The summed E-state index contributed by atoms with van der Waals surface area (Å²) in [6.45, 7) is 7.00. The van der Waals surface area contributed by atoms with Crippen LogP contribution in [0.4, 0.5) is 17.1 Å². The molecule has 52 heavy (non-hydrogen) atoms. The van der Waals surface area contributed by atoms with Crippen molar-refractivity contribution in [1.82, 2.24) is 0 Å². The van der Waals surface area contributed by atoms with Crippen LogP contribution in [0, 0.1) is 0 Å². The lowest BCUT2D eigenvalue weighted by Crippen LogP contribution is -2.50. The highest BCUT2D eigenvalue weighted by atomic mass is 31.1. The molecule has 0 amide bonds. The Labute approximate surface area is 314 Å². The van der Waals surface area contributed by atoms with Crippen LogP contribution in [0.25, 0.3) is 0 Å². The van der Waals surface area contributed by atoms with E-state index in [-0.39, 0.29) is 0 Å². The monoisotopic (exact) mass is 731 g/mol. The molecule has 3 aliphatic rings. The van der Waals surface area contributed by atoms with Crippen molar-refractivity contribution >= 4 is 88.6 Å². The highest BCUT2D eigenvalue weighted by molar-refractivity contribution is 7.84. The van der Waals surface area contributed by atoms with E-state index in [0.717, 1.165) is 19.3 Å². The molecule has 4 heteroatoms. The van der Waals surface area contributed by atoms with E-state index < -0.39 is 23.8 Å². The topological polar surface area (TPSA) is 3.24 Å². The van der Waals surface area contributed by atoms with Gasteiger partial charge in [0.1, 0.15) is 0 Å². The number of hydrogen-bond acceptors (Lipinski definition) is 1. The van der Waals surface area contributed by atoms with Crippen LogP contribution in [-0.2, 0) is 19.3 Å². The van der Waals surface area contributed by atoms with Crippen LogP contribution in [0.3, 0.4) is 0 Å². The zero-order chi connectivity index (χ0) is 35.2. The Morgan fingerprint density at radius 3 is 0.846 bits per heavy atom. The van der Waals surface area contributed by atoms with Crippen LogP contribution in [0.2, 0.25) is 0 Å². The fraction of sp³-hybridized carbons (Fsp3) is 0.250. The fourth-order valence-corrected chi connectivity index (χ4v) is 17.0. The summed E-state index contributed by atoms with van der Waals surface area (Å²) in [5.74, 6) is 0. The molecule has 260 valence electrons. The highest BCUT2D eigenvalue weighted by Gasteiger charge is 2.47. The molecule has 0 aliphatic carbocycles. The number of benzene rings is 6. The first-order valence-electron chi connectivity index (χ1n) is 19.6. The van der Waals surface area contributed by atoms with Crippen LogP contribution in [0.1, 0.15) is 76.0 Å². The van der Waals surface area contributed by atoms with Crippen LogP contribution < -0.4 is 52.6 Å². The smallest absolute Gasteiger partial charge is 0.0629 e. The Morgan fingerprint density at radius 2 is 0.615 bits per heavy atom. The maximum Gasteiger partial charge on any atom is 0.0629 e. The molecule has 6 aromatic carbocycles. The van der Waals surface area contributed by atoms with Crippen molar-refractivity contribution in [2.45, 2.75) is 78.6 Å². The number of nitrogens with zero attached hydrogens (tertiary/aromatic N) is 1. The molecule has 9 rings (SSSR count). The van der Waals surface area contributed by atoms with Gasteiger partial charge in [0.15, 0.2) is 0 Å². The molecule has 6 aromatic rings. The van der Waals surface area contributed by atoms with E-state index >= 15 is 0 Å². The van der Waals surface area contributed by atoms with E-state index in [1.54, 1.807) is 31.8 Å². The summed E-state index contributed by atoms with van der Waals surface area (Å²) in [5, 5.41) is 13.8. The van der Waals surface area contributed by atoms with Crippen molar-refractivity contribution < 1.29 is 0 Å². The van der Waals surface area contributed by atoms with Gasteiger partial charge in [-0.2, -0.15) is 0 Å². The van der Waals surface area contributed by atoms with Gasteiger partial charge in [0.25, 0.3) is 0 Å². The lowest BCUT2D eigenvalue weighted by Gasteiger charge is -2.50. The van der Waals surface area contributed by atoms with Gasteiger partial charge < -0.3 is 4.90 Å². The minimum Gasteiger partial charge on any atom is -0.306 e. The minimum absolute atomic E-state index is 0.763. The zero-order valence-corrected chi connectivity index (χ0v) is 33.5. The maximum atomic E-state index is 2.82. The summed E-state index contributed by atoms with van der Waals surface area (Å²) in [7, 11) is -2.29. The third kappa shape index (κ3) is 5.80. The van der Waals surface area contributed by atoms with E-state index in [1.165, 1.54) is 88.2 Å². The normalized spacial score (nSPS) is 17.6. The number of rotatable bonds is 12. The molecule has 0 N–H and O–H groups in total. The number of aryl methyl sites for hydroxylation is 3. The lowest BCUT2D eigenvalue weighted by molar-refractivity contribution is 0.795. The molecule has 1 nitrogen and oxygen atoms in total. The Morgan fingerprint density at radius 1 is 0.365 bits per heavy atom. The second kappa shape index (κ2) is 14.7. The molecule has 0 saturated heterocycles. The van der Waals surface area contributed by atoms with Crippen molar-refractivity contribution in [1.29, 1.82) is 0 Å². The van der Waals surface area contributed by atoms with Crippen molar-refractivity contribution in [2.24, 2.45) is 0 Å². The second-order valence-corrected chi connectivity index (χ2v) is 21.1. The molecule has 0 saturated carbocycles. The van der Waals surface area contributed by atoms with E-state index in [2.05, 4.69) is 153 Å². The number of anilines is 3. The summed E-state index contributed by atoms with van der Waals surface area (Å²) in [6.07, 6.45) is 10.7. The van der Waals surface area contributed by atoms with Crippen molar-refractivity contribution in [3.63, 3.8) is 0 Å². The van der Waals surface area contributed by atoms with Gasteiger partial charge >= 0.3 is 0 Å². The molecule has 0 bridgehead atoms. The average molecular weight is 732 g/mol. The van der Waals surface area contributed by atoms with Crippen molar-refractivity contribution in [2.75, 3.05) is 4.90 Å². The lowest BCUT2D eigenvalue weighted by atomic mass is 10.0. The summed E-state index contributed by atoms with van der Waals surface area (Å²) in [6, 6.07) is 50.6. The molecule has 3 heterocycles. The first-order valence-corrected chi connectivity index (χ1v) is 23.6. The van der Waals surface area contributed by atoms with Crippen LogP contribution in [-0.4, -0.2) is 0 Å². The molecule has 0 fully saturated rings. The minimum atomic E-state index is -0.763. The van der Waals surface area contributed by atoms with Gasteiger partial charge in [0, 0.05) is 31.8 Å². The highest BCUT2D eigenvalue weighted by Crippen LogP contribution is 2.59. The largest absolute Gasteiger partial charge is 0.306 e. The molecule has 3 aliphatic heterocycles. The zero-order valence-electron chi connectivity index (χ0n) is 30.8. The van der Waals surface area contributed by atoms with Crippen molar-refractivity contribution in [3.8, 4) is 0 Å². The quantitative estimate of drug-likeness (QED) is 0.113. The molecule has 0 radical (unpaired) electrons. The summed E-state index contributed by atoms with van der Waals surface area (Å²) >= 11 is 0. The fourth-order valence-electron chi connectivity index (χ4n) is 8.56. The average Bonchev–Trinajstić information content (AvgIpc) is 3.19. The van der Waals surface area contributed by atoms with Gasteiger partial charge in [0.05, 0.1) is 17.1 Å². The molecular formula is C48H48NP3. The second-order valence-electron chi connectivity index (χ2n) is 14.6. The van der Waals surface area contributed by atoms with Gasteiger partial charge in [0.2, 0.25) is 0 Å². The third-order valence-electron chi connectivity index (χ3n) is 11.0. The Kier molecular flexibility index (Phi) is 9.65. The van der Waals surface area contributed by atoms with Crippen LogP contribution >= 0.6 is 23.8 Å². The first-order chi connectivity index (χ1) is 25.7. The molecule has 0 spiro atoms. The Hall–Kier alpha value is -3.59. The van der Waals surface area contributed by atoms with E-state index in [4.69, 9.17) is 0 Å². The van der Waals surface area contributed by atoms with E-state index in [0.29, 0.717) is 0 Å². The van der Waals surface area contributed by atoms with E-state index in [9.17, 15) is 0 Å². The number of unbranched alkanes of at least 4 members (excludes halogenated alkanes) is 3. The van der Waals surface area contributed by atoms with Gasteiger partial charge in [-0.1, -0.05) is 131 Å². The predicted molar refractivity (Wildman–Crippen MR) is 234 cm³/mol. The Bertz CT molecular complexity index is 1900. The first kappa shape index (κ1) is 34.2. The van der Waals surface area contributed by atoms with E-state index in [1.807, 2.05) is 0 Å². The SMILES string of the molecule is CCCCc1cc2c3c(c1)P(c1ccccc1)c1cc(CCCC)cc4c1N3c1c(cc(CCCC)cc1P4c1ccccc1)P2c1ccccc1.